The highest BCUT2D eigenvalue weighted by atomic mass is 35.5. The van der Waals surface area contributed by atoms with Gasteiger partial charge in [-0.15, -0.1) is 11.6 Å². The van der Waals surface area contributed by atoms with Crippen molar-refractivity contribution < 1.29 is 9.53 Å². The van der Waals surface area contributed by atoms with Crippen molar-refractivity contribution in [3.05, 3.63) is 0 Å². The minimum atomic E-state index is -0.0692. The second-order valence-corrected chi connectivity index (χ2v) is 4.28. The average molecular weight is 221 g/mol. The van der Waals surface area contributed by atoms with E-state index in [2.05, 4.69) is 13.8 Å². The average Bonchev–Trinajstić information content (AvgIpc) is 2.12. The predicted octanol–water partition coefficient (Wildman–Crippen LogP) is 3.37. The number of hydrogen-bond acceptors (Lipinski definition) is 2. The molecule has 0 aromatic heterocycles. The number of hydrogen-bond donors (Lipinski definition) is 0. The largest absolute Gasteiger partial charge is 0.466 e. The molecule has 0 spiro atoms. The first-order valence-corrected chi connectivity index (χ1v) is 5.92. The highest BCUT2D eigenvalue weighted by Gasteiger charge is 2.02. The van der Waals surface area contributed by atoms with Crippen LogP contribution in [0, 0.1) is 5.92 Å². The molecule has 2 nitrogen and oxygen atoms in total. The van der Waals surface area contributed by atoms with Gasteiger partial charge in [-0.1, -0.05) is 20.3 Å². The number of halogens is 1. The standard InChI is InChI=1S/C11H21ClO2/c1-10(2)7-9-14-11(13)6-4-3-5-8-12/h10H,3-9H2,1-2H3. The number of rotatable bonds is 8. The molecule has 0 N–H and O–H groups in total. The van der Waals surface area contributed by atoms with Gasteiger partial charge in [-0.3, -0.25) is 4.79 Å². The van der Waals surface area contributed by atoms with Crippen LogP contribution < -0.4 is 0 Å². The summed E-state index contributed by atoms with van der Waals surface area (Å²) in [7, 11) is 0. The maximum absolute atomic E-state index is 11.1. The number of carbonyl (C=O) groups excluding carboxylic acids is 1. The van der Waals surface area contributed by atoms with Crippen molar-refractivity contribution >= 4 is 17.6 Å². The van der Waals surface area contributed by atoms with Crippen LogP contribution in [-0.2, 0) is 9.53 Å². The Morgan fingerprint density at radius 1 is 1.29 bits per heavy atom. The first-order valence-electron chi connectivity index (χ1n) is 5.38. The lowest BCUT2D eigenvalue weighted by atomic mass is 10.1. The van der Waals surface area contributed by atoms with E-state index in [0.29, 0.717) is 24.8 Å². The molecule has 0 heterocycles. The molecule has 0 unspecified atom stereocenters. The Morgan fingerprint density at radius 3 is 2.57 bits per heavy atom. The van der Waals surface area contributed by atoms with Crippen LogP contribution in [0.15, 0.2) is 0 Å². The first kappa shape index (κ1) is 13.8. The quantitative estimate of drug-likeness (QED) is 0.356. The Labute approximate surface area is 92.0 Å². The third-order valence-electron chi connectivity index (χ3n) is 1.97. The summed E-state index contributed by atoms with van der Waals surface area (Å²) in [6.07, 6.45) is 4.39. The summed E-state index contributed by atoms with van der Waals surface area (Å²) in [6.45, 7) is 4.80. The minimum absolute atomic E-state index is 0.0692. The fourth-order valence-corrected chi connectivity index (χ4v) is 1.21. The molecule has 0 rings (SSSR count). The summed E-state index contributed by atoms with van der Waals surface area (Å²) in [5.74, 6) is 1.21. The van der Waals surface area contributed by atoms with Gasteiger partial charge < -0.3 is 4.74 Å². The van der Waals surface area contributed by atoms with E-state index in [0.717, 1.165) is 25.7 Å². The van der Waals surface area contributed by atoms with E-state index in [4.69, 9.17) is 16.3 Å². The molecule has 0 amide bonds. The zero-order valence-electron chi connectivity index (χ0n) is 9.22. The summed E-state index contributed by atoms with van der Waals surface area (Å²) < 4.78 is 5.06. The summed E-state index contributed by atoms with van der Waals surface area (Å²) in [4.78, 5) is 11.1. The molecule has 0 saturated heterocycles. The lowest BCUT2D eigenvalue weighted by molar-refractivity contribution is -0.144. The maximum Gasteiger partial charge on any atom is 0.305 e. The molecular formula is C11H21ClO2. The van der Waals surface area contributed by atoms with Crippen molar-refractivity contribution in [2.45, 2.75) is 46.0 Å². The van der Waals surface area contributed by atoms with Gasteiger partial charge in [-0.05, 0) is 25.2 Å². The highest BCUT2D eigenvalue weighted by Crippen LogP contribution is 2.04. The Balaban J connectivity index is 3.20. The van der Waals surface area contributed by atoms with Gasteiger partial charge in [0.15, 0.2) is 0 Å². The lowest BCUT2D eigenvalue weighted by Gasteiger charge is -2.06. The van der Waals surface area contributed by atoms with E-state index in [1.165, 1.54) is 0 Å². The third kappa shape index (κ3) is 9.85. The molecule has 0 aliphatic heterocycles. The second-order valence-electron chi connectivity index (χ2n) is 3.90. The third-order valence-corrected chi connectivity index (χ3v) is 2.24. The molecule has 14 heavy (non-hydrogen) atoms. The monoisotopic (exact) mass is 220 g/mol. The lowest BCUT2D eigenvalue weighted by Crippen LogP contribution is -2.07. The van der Waals surface area contributed by atoms with Crippen LogP contribution in [0.1, 0.15) is 46.0 Å². The highest BCUT2D eigenvalue weighted by molar-refractivity contribution is 6.17. The molecule has 0 saturated carbocycles. The normalized spacial score (nSPS) is 10.6. The molecule has 0 radical (unpaired) electrons. The second kappa shape index (κ2) is 9.32. The topological polar surface area (TPSA) is 26.3 Å². The molecule has 0 aromatic rings. The molecule has 0 bridgehead atoms. The fourth-order valence-electron chi connectivity index (χ4n) is 1.02. The van der Waals surface area contributed by atoms with Crippen molar-refractivity contribution in [2.75, 3.05) is 12.5 Å². The van der Waals surface area contributed by atoms with Crippen LogP contribution in [0.3, 0.4) is 0 Å². The Kier molecular flexibility index (Phi) is 9.16. The fraction of sp³-hybridized carbons (Fsp3) is 0.909. The van der Waals surface area contributed by atoms with E-state index in [1.54, 1.807) is 0 Å². The van der Waals surface area contributed by atoms with Crippen LogP contribution >= 0.6 is 11.6 Å². The number of ether oxygens (including phenoxy) is 1. The molecule has 84 valence electrons. The van der Waals surface area contributed by atoms with Crippen LogP contribution in [0.5, 0.6) is 0 Å². The van der Waals surface area contributed by atoms with Gasteiger partial charge in [0.25, 0.3) is 0 Å². The van der Waals surface area contributed by atoms with Crippen molar-refractivity contribution in [1.82, 2.24) is 0 Å². The van der Waals surface area contributed by atoms with Crippen molar-refractivity contribution in [3.63, 3.8) is 0 Å². The Morgan fingerprint density at radius 2 is 2.00 bits per heavy atom. The summed E-state index contributed by atoms with van der Waals surface area (Å²) >= 11 is 5.52. The number of carbonyl (C=O) groups is 1. The van der Waals surface area contributed by atoms with Crippen LogP contribution in [0.25, 0.3) is 0 Å². The van der Waals surface area contributed by atoms with E-state index in [9.17, 15) is 4.79 Å². The Bertz CT molecular complexity index is 146. The Hall–Kier alpha value is -0.240. The van der Waals surface area contributed by atoms with Gasteiger partial charge in [0.05, 0.1) is 6.61 Å². The van der Waals surface area contributed by atoms with Crippen LogP contribution in [-0.4, -0.2) is 18.5 Å². The first-order chi connectivity index (χ1) is 6.66. The zero-order chi connectivity index (χ0) is 10.8. The summed E-state index contributed by atoms with van der Waals surface area (Å²) in [5.41, 5.74) is 0. The van der Waals surface area contributed by atoms with E-state index in [1.807, 2.05) is 0 Å². The number of esters is 1. The van der Waals surface area contributed by atoms with Gasteiger partial charge in [0.2, 0.25) is 0 Å². The molecule has 0 aromatic carbocycles. The van der Waals surface area contributed by atoms with Crippen LogP contribution in [0.4, 0.5) is 0 Å². The maximum atomic E-state index is 11.1. The molecule has 3 heteroatoms. The summed E-state index contributed by atoms with van der Waals surface area (Å²) in [6, 6.07) is 0. The predicted molar refractivity (Wildman–Crippen MR) is 59.6 cm³/mol. The van der Waals surface area contributed by atoms with Gasteiger partial charge >= 0.3 is 5.97 Å². The minimum Gasteiger partial charge on any atom is -0.466 e. The number of alkyl halides is 1. The molecule has 0 fully saturated rings. The van der Waals surface area contributed by atoms with Crippen LogP contribution in [0.2, 0.25) is 0 Å². The smallest absolute Gasteiger partial charge is 0.305 e. The van der Waals surface area contributed by atoms with Gasteiger partial charge in [-0.2, -0.15) is 0 Å². The number of unbranched alkanes of at least 4 members (excludes halogenated alkanes) is 2. The van der Waals surface area contributed by atoms with Crippen molar-refractivity contribution in [1.29, 1.82) is 0 Å². The van der Waals surface area contributed by atoms with Gasteiger partial charge in [0, 0.05) is 12.3 Å². The molecule has 0 aliphatic carbocycles. The van der Waals surface area contributed by atoms with Gasteiger partial charge in [-0.25, -0.2) is 0 Å². The SMILES string of the molecule is CC(C)CCOC(=O)CCCCCCl. The van der Waals surface area contributed by atoms with E-state index in [-0.39, 0.29) is 5.97 Å². The van der Waals surface area contributed by atoms with Crippen molar-refractivity contribution in [2.24, 2.45) is 5.92 Å². The molecule has 0 aliphatic rings. The molecular weight excluding hydrogens is 200 g/mol. The zero-order valence-corrected chi connectivity index (χ0v) is 9.98. The van der Waals surface area contributed by atoms with E-state index >= 15 is 0 Å². The van der Waals surface area contributed by atoms with Gasteiger partial charge in [0.1, 0.15) is 0 Å². The van der Waals surface area contributed by atoms with E-state index < -0.39 is 0 Å². The summed E-state index contributed by atoms with van der Waals surface area (Å²) in [5, 5.41) is 0. The molecule has 0 atom stereocenters. The van der Waals surface area contributed by atoms with Crippen molar-refractivity contribution in [3.8, 4) is 0 Å².